The number of amides is 3. The Morgan fingerprint density at radius 3 is 2.20 bits per heavy atom. The zero-order chi connectivity index (χ0) is 32.8. The normalized spacial score (nSPS) is 18.1. The van der Waals surface area contributed by atoms with E-state index in [4.69, 9.17) is 9.47 Å². The molecule has 2 atom stereocenters. The molecule has 1 aromatic rings. The van der Waals surface area contributed by atoms with Crippen LogP contribution in [0.15, 0.2) is 46.6 Å². The Kier molecular flexibility index (Phi) is 11.5. The maximum absolute atomic E-state index is 13.3. The summed E-state index contributed by atoms with van der Waals surface area (Å²) in [6, 6.07) is 5.61. The van der Waals surface area contributed by atoms with Gasteiger partial charge in [0.25, 0.3) is 0 Å². The largest absolute Gasteiger partial charge is 0.494 e. The number of ketones is 2. The molecule has 0 radical (unpaired) electrons. The van der Waals surface area contributed by atoms with E-state index in [9.17, 15) is 24.0 Å². The van der Waals surface area contributed by atoms with E-state index in [0.717, 1.165) is 5.56 Å². The van der Waals surface area contributed by atoms with Crippen molar-refractivity contribution >= 4 is 29.5 Å². The lowest BCUT2D eigenvalue weighted by atomic mass is 9.84. The molecule has 240 valence electrons. The number of hydrogen-bond donors (Lipinski definition) is 2. The molecule has 10 nitrogen and oxygen atoms in total. The minimum atomic E-state index is -0.842. The number of nitrogens with zero attached hydrogens (tertiary/aromatic N) is 1. The number of likely N-dealkylation sites (tertiary alicyclic amines) is 1. The number of nitrogens with one attached hydrogen (secondary N) is 2. The van der Waals surface area contributed by atoms with E-state index < -0.39 is 23.8 Å². The molecule has 44 heavy (non-hydrogen) atoms. The molecule has 1 unspecified atom stereocenters. The summed E-state index contributed by atoms with van der Waals surface area (Å²) >= 11 is 0. The summed E-state index contributed by atoms with van der Waals surface area (Å²) in [7, 11) is 0. The predicted molar refractivity (Wildman–Crippen MR) is 167 cm³/mol. The number of rotatable bonds is 11. The van der Waals surface area contributed by atoms with Crippen molar-refractivity contribution in [3.05, 3.63) is 52.1 Å². The van der Waals surface area contributed by atoms with Crippen molar-refractivity contribution < 1.29 is 33.4 Å². The molecule has 1 aliphatic heterocycles. The molecule has 10 heteroatoms. The van der Waals surface area contributed by atoms with Crippen molar-refractivity contribution in [1.82, 2.24) is 15.5 Å². The molecule has 3 amide bonds. The first-order chi connectivity index (χ1) is 20.6. The summed E-state index contributed by atoms with van der Waals surface area (Å²) < 4.78 is 11.4. The van der Waals surface area contributed by atoms with Gasteiger partial charge in [-0.15, -0.1) is 0 Å². The molecular weight excluding hydrogens is 562 g/mol. The first-order valence-corrected chi connectivity index (χ1v) is 15.4. The average Bonchev–Trinajstić information content (AvgIpc) is 3.44. The van der Waals surface area contributed by atoms with Crippen LogP contribution in [0.3, 0.4) is 0 Å². The molecular formula is C34H47N3O7. The van der Waals surface area contributed by atoms with E-state index in [1.54, 1.807) is 53.7 Å². The van der Waals surface area contributed by atoms with Gasteiger partial charge in [-0.1, -0.05) is 12.1 Å². The Hall–Kier alpha value is -3.95. The topological polar surface area (TPSA) is 131 Å². The predicted octanol–water partition coefficient (Wildman–Crippen LogP) is 4.60. The number of ether oxygens (including phenoxy) is 2. The molecule has 1 aromatic carbocycles. The van der Waals surface area contributed by atoms with Crippen LogP contribution in [0.25, 0.3) is 0 Å². The van der Waals surface area contributed by atoms with E-state index in [0.29, 0.717) is 66.9 Å². The second-order valence-electron chi connectivity index (χ2n) is 12.9. The fourth-order valence-corrected chi connectivity index (χ4v) is 5.29. The molecule has 1 saturated heterocycles. The highest BCUT2D eigenvalue weighted by Crippen LogP contribution is 2.27. The van der Waals surface area contributed by atoms with Crippen LogP contribution in [0, 0.1) is 0 Å². The van der Waals surface area contributed by atoms with Crippen LogP contribution in [0.2, 0.25) is 0 Å². The minimum absolute atomic E-state index is 0.0717. The summed E-state index contributed by atoms with van der Waals surface area (Å²) in [4.78, 5) is 65.6. The van der Waals surface area contributed by atoms with Crippen molar-refractivity contribution in [3.8, 4) is 5.75 Å². The van der Waals surface area contributed by atoms with Gasteiger partial charge in [0.15, 0.2) is 11.6 Å². The summed E-state index contributed by atoms with van der Waals surface area (Å²) in [6.45, 7) is 14.9. The van der Waals surface area contributed by atoms with Crippen molar-refractivity contribution in [2.24, 2.45) is 0 Å². The van der Waals surface area contributed by atoms with E-state index >= 15 is 0 Å². The van der Waals surface area contributed by atoms with E-state index in [1.807, 2.05) is 26.0 Å². The van der Waals surface area contributed by atoms with Gasteiger partial charge in [-0.3, -0.25) is 24.1 Å². The van der Waals surface area contributed by atoms with Crippen molar-refractivity contribution in [2.45, 2.75) is 111 Å². The molecule has 1 aliphatic carbocycles. The third kappa shape index (κ3) is 9.03. The molecule has 0 spiro atoms. The molecule has 3 rings (SSSR count). The third-order valence-corrected chi connectivity index (χ3v) is 7.76. The van der Waals surface area contributed by atoms with E-state index in [1.165, 1.54) is 4.90 Å². The van der Waals surface area contributed by atoms with Crippen LogP contribution in [-0.4, -0.2) is 71.3 Å². The molecule has 2 aliphatic rings. The Bertz CT molecular complexity index is 1340. The molecule has 2 N–H and O–H groups in total. The second-order valence-corrected chi connectivity index (χ2v) is 12.9. The number of carbonyl (C=O) groups excluding carboxylic acids is 5. The van der Waals surface area contributed by atoms with Gasteiger partial charge in [0.2, 0.25) is 11.8 Å². The third-order valence-electron chi connectivity index (χ3n) is 7.76. The van der Waals surface area contributed by atoms with Crippen LogP contribution in [0.1, 0.15) is 86.6 Å². The Morgan fingerprint density at radius 1 is 0.955 bits per heavy atom. The SMILES string of the molecule is CC1=C(C)C(=O)C(CCCOc2ccc(C[C@H](NC(=O)C3CCCN3C(=O)OC(C)(C)C)C(=O)NC(C)C)cc2)=C(C)C1=O. The van der Waals surface area contributed by atoms with Crippen LogP contribution in [0.5, 0.6) is 5.75 Å². The van der Waals surface area contributed by atoms with Crippen molar-refractivity contribution in [2.75, 3.05) is 13.2 Å². The Labute approximate surface area is 260 Å². The maximum atomic E-state index is 13.3. The monoisotopic (exact) mass is 609 g/mol. The summed E-state index contributed by atoms with van der Waals surface area (Å²) in [5.41, 5.74) is 2.22. The van der Waals surface area contributed by atoms with Gasteiger partial charge in [0, 0.05) is 41.3 Å². The first-order valence-electron chi connectivity index (χ1n) is 15.4. The number of benzene rings is 1. The highest BCUT2D eigenvalue weighted by atomic mass is 16.6. The summed E-state index contributed by atoms with van der Waals surface area (Å²) in [5.74, 6) is -0.215. The van der Waals surface area contributed by atoms with Crippen LogP contribution >= 0.6 is 0 Å². The number of Topliss-reactive ketones (excluding diaryl/α,β-unsaturated/α-hetero) is 2. The fourth-order valence-electron chi connectivity index (χ4n) is 5.29. The second kappa shape index (κ2) is 14.7. The number of hydrogen-bond acceptors (Lipinski definition) is 7. The Morgan fingerprint density at radius 2 is 1.59 bits per heavy atom. The highest BCUT2D eigenvalue weighted by molar-refractivity contribution is 6.24. The van der Waals surface area contributed by atoms with Crippen LogP contribution < -0.4 is 15.4 Å². The molecule has 0 saturated carbocycles. The molecule has 0 bridgehead atoms. The average molecular weight is 610 g/mol. The summed E-state index contributed by atoms with van der Waals surface area (Å²) in [5, 5.41) is 5.75. The Balaban J connectivity index is 1.60. The zero-order valence-corrected chi connectivity index (χ0v) is 27.3. The number of allylic oxidation sites excluding steroid dienone is 4. The minimum Gasteiger partial charge on any atom is -0.494 e. The van der Waals surface area contributed by atoms with Gasteiger partial charge in [0.05, 0.1) is 6.61 Å². The zero-order valence-electron chi connectivity index (χ0n) is 27.3. The van der Waals surface area contributed by atoms with Gasteiger partial charge in [-0.25, -0.2) is 4.79 Å². The van der Waals surface area contributed by atoms with E-state index in [-0.39, 0.29) is 35.8 Å². The van der Waals surface area contributed by atoms with Gasteiger partial charge in [-0.2, -0.15) is 0 Å². The van der Waals surface area contributed by atoms with Crippen molar-refractivity contribution in [1.29, 1.82) is 0 Å². The van der Waals surface area contributed by atoms with Gasteiger partial charge < -0.3 is 20.1 Å². The van der Waals surface area contributed by atoms with Crippen LogP contribution in [0.4, 0.5) is 4.79 Å². The fraction of sp³-hybridized carbons (Fsp3) is 0.559. The van der Waals surface area contributed by atoms with Gasteiger partial charge >= 0.3 is 6.09 Å². The number of carbonyl (C=O) groups is 5. The van der Waals surface area contributed by atoms with Gasteiger partial charge in [-0.05, 0) is 98.8 Å². The van der Waals surface area contributed by atoms with Crippen LogP contribution in [-0.2, 0) is 30.3 Å². The smallest absolute Gasteiger partial charge is 0.410 e. The molecule has 1 fully saturated rings. The maximum Gasteiger partial charge on any atom is 0.410 e. The molecule has 0 aromatic heterocycles. The lowest BCUT2D eigenvalue weighted by Gasteiger charge is -2.29. The quantitative estimate of drug-likeness (QED) is 0.277. The van der Waals surface area contributed by atoms with Gasteiger partial charge in [0.1, 0.15) is 23.4 Å². The highest BCUT2D eigenvalue weighted by Gasteiger charge is 2.38. The van der Waals surface area contributed by atoms with Crippen molar-refractivity contribution in [3.63, 3.8) is 0 Å². The lowest BCUT2D eigenvalue weighted by Crippen LogP contribution is -2.55. The van der Waals surface area contributed by atoms with E-state index in [2.05, 4.69) is 10.6 Å². The summed E-state index contributed by atoms with van der Waals surface area (Å²) in [6.07, 6.45) is 1.90. The molecule has 1 heterocycles. The first kappa shape index (κ1) is 34.5. The lowest BCUT2D eigenvalue weighted by molar-refractivity contribution is -0.131. The standard InChI is InChI=1S/C34H47N3O7/c1-20(2)35-31(40)27(36-32(41)28-12-9-17-37(28)33(42)44-34(6,7)8)19-24-13-15-25(16-14-24)43-18-10-11-26-23(5)29(38)21(3)22(4)30(26)39/h13-16,20,27-28H,9-12,17-19H2,1-8H3,(H,35,40)(H,36,41)/t27-,28?/m0/s1.